The normalized spacial score (nSPS) is 17.8. The van der Waals surface area contributed by atoms with Crippen molar-refractivity contribution < 1.29 is 14.3 Å². The van der Waals surface area contributed by atoms with Gasteiger partial charge in [-0.05, 0) is 25.1 Å². The molecule has 0 aliphatic carbocycles. The predicted molar refractivity (Wildman–Crippen MR) is 92.7 cm³/mol. The number of amides is 1. The molecule has 2 unspecified atom stereocenters. The van der Waals surface area contributed by atoms with E-state index in [4.69, 9.17) is 11.6 Å². The van der Waals surface area contributed by atoms with Gasteiger partial charge in [-0.1, -0.05) is 41.9 Å². The van der Waals surface area contributed by atoms with Gasteiger partial charge in [-0.3, -0.25) is 4.79 Å². The van der Waals surface area contributed by atoms with Crippen LogP contribution >= 0.6 is 11.6 Å². The highest BCUT2D eigenvalue weighted by Gasteiger charge is 2.39. The molecule has 4 nitrogen and oxygen atoms in total. The van der Waals surface area contributed by atoms with E-state index in [0.717, 1.165) is 0 Å². The number of halogens is 2. The number of aromatic nitrogens is 1. The third-order valence-corrected chi connectivity index (χ3v) is 4.91. The summed E-state index contributed by atoms with van der Waals surface area (Å²) in [6.45, 7) is 1.76. The number of pyridine rings is 1. The molecule has 0 saturated carbocycles. The standard InChI is InChI=1S/C19H14ClFN2O2/c1-10(23-18(24)12-6-2-3-7-13(12)19(23)25)14-9-11-5-4-8-15(21)16(11)22-17(14)20/h2-10,18,24H,1H3. The lowest BCUT2D eigenvalue weighted by molar-refractivity contribution is -0.000326. The zero-order chi connectivity index (χ0) is 17.7. The summed E-state index contributed by atoms with van der Waals surface area (Å²) in [6.07, 6.45) is -1.06. The third-order valence-electron chi connectivity index (χ3n) is 4.61. The number of carbonyl (C=O) groups excluding carboxylic acids is 1. The van der Waals surface area contributed by atoms with Crippen molar-refractivity contribution in [2.24, 2.45) is 0 Å². The number of para-hydroxylation sites is 1. The van der Waals surface area contributed by atoms with Crippen molar-refractivity contribution in [1.29, 1.82) is 0 Å². The molecular weight excluding hydrogens is 343 g/mol. The van der Waals surface area contributed by atoms with Crippen LogP contribution in [-0.4, -0.2) is 20.9 Å². The smallest absolute Gasteiger partial charge is 0.257 e. The van der Waals surface area contributed by atoms with Gasteiger partial charge in [0, 0.05) is 22.1 Å². The van der Waals surface area contributed by atoms with E-state index in [1.807, 2.05) is 0 Å². The summed E-state index contributed by atoms with van der Waals surface area (Å²) in [4.78, 5) is 18.2. The molecule has 2 heterocycles. The predicted octanol–water partition coefficient (Wildman–Crippen LogP) is 4.24. The summed E-state index contributed by atoms with van der Waals surface area (Å²) < 4.78 is 13.9. The minimum Gasteiger partial charge on any atom is -0.369 e. The van der Waals surface area contributed by atoms with Crippen molar-refractivity contribution in [3.63, 3.8) is 0 Å². The Bertz CT molecular complexity index is 1010. The zero-order valence-electron chi connectivity index (χ0n) is 13.3. The summed E-state index contributed by atoms with van der Waals surface area (Å²) in [5.74, 6) is -0.728. The second kappa shape index (κ2) is 5.79. The molecule has 6 heteroatoms. The molecule has 0 saturated heterocycles. The van der Waals surface area contributed by atoms with E-state index in [-0.39, 0.29) is 16.6 Å². The summed E-state index contributed by atoms with van der Waals surface area (Å²) >= 11 is 6.26. The summed E-state index contributed by atoms with van der Waals surface area (Å²) in [7, 11) is 0. The maximum Gasteiger partial charge on any atom is 0.257 e. The van der Waals surface area contributed by atoms with Gasteiger partial charge >= 0.3 is 0 Å². The topological polar surface area (TPSA) is 53.4 Å². The fraction of sp³-hybridized carbons (Fsp3) is 0.158. The number of hydrogen-bond donors (Lipinski definition) is 1. The van der Waals surface area contributed by atoms with Crippen molar-refractivity contribution in [2.45, 2.75) is 19.2 Å². The van der Waals surface area contributed by atoms with E-state index in [1.165, 1.54) is 11.0 Å². The first kappa shape index (κ1) is 16.0. The van der Waals surface area contributed by atoms with Gasteiger partial charge in [0.2, 0.25) is 0 Å². The lowest BCUT2D eigenvalue weighted by Crippen LogP contribution is -2.31. The lowest BCUT2D eigenvalue weighted by atomic mass is 10.1. The Balaban J connectivity index is 1.80. The Morgan fingerprint density at radius 3 is 2.76 bits per heavy atom. The number of aliphatic hydroxyl groups is 1. The first-order valence-electron chi connectivity index (χ1n) is 7.83. The van der Waals surface area contributed by atoms with Gasteiger partial charge in [0.15, 0.2) is 6.23 Å². The molecule has 1 aliphatic rings. The highest BCUT2D eigenvalue weighted by molar-refractivity contribution is 6.30. The molecule has 0 spiro atoms. The van der Waals surface area contributed by atoms with Crippen molar-refractivity contribution in [1.82, 2.24) is 9.88 Å². The Hall–Kier alpha value is -2.50. The molecule has 4 rings (SSSR count). The monoisotopic (exact) mass is 356 g/mol. The van der Waals surface area contributed by atoms with Gasteiger partial charge in [0.05, 0.1) is 6.04 Å². The summed E-state index contributed by atoms with van der Waals surface area (Å²) in [5.41, 5.74) is 1.77. The molecular formula is C19H14ClFN2O2. The van der Waals surface area contributed by atoms with Crippen LogP contribution < -0.4 is 0 Å². The van der Waals surface area contributed by atoms with Gasteiger partial charge < -0.3 is 10.0 Å². The number of hydrogen-bond acceptors (Lipinski definition) is 3. The minimum absolute atomic E-state index is 0.112. The zero-order valence-corrected chi connectivity index (χ0v) is 14.0. The Kier molecular flexibility index (Phi) is 3.71. The fourth-order valence-electron chi connectivity index (χ4n) is 3.30. The van der Waals surface area contributed by atoms with Crippen LogP contribution in [0.3, 0.4) is 0 Å². The Labute approximate surface area is 148 Å². The number of aliphatic hydroxyl groups excluding tert-OH is 1. The summed E-state index contributed by atoms with van der Waals surface area (Å²) in [6, 6.07) is 12.8. The molecule has 3 aromatic rings. The molecule has 2 atom stereocenters. The molecule has 25 heavy (non-hydrogen) atoms. The van der Waals surface area contributed by atoms with Crippen molar-refractivity contribution in [3.8, 4) is 0 Å². The van der Waals surface area contributed by atoms with Crippen LogP contribution in [0, 0.1) is 5.82 Å². The minimum atomic E-state index is -1.06. The van der Waals surface area contributed by atoms with E-state index in [9.17, 15) is 14.3 Å². The molecule has 1 N–H and O–H groups in total. The highest BCUT2D eigenvalue weighted by Crippen LogP contribution is 2.40. The van der Waals surface area contributed by atoms with Crippen LogP contribution in [0.2, 0.25) is 5.15 Å². The average molecular weight is 357 g/mol. The number of carbonyl (C=O) groups is 1. The molecule has 126 valence electrons. The summed E-state index contributed by atoms with van der Waals surface area (Å²) in [5, 5.41) is 11.3. The van der Waals surface area contributed by atoms with Gasteiger partial charge in [0.25, 0.3) is 5.91 Å². The molecule has 0 radical (unpaired) electrons. The number of rotatable bonds is 2. The number of fused-ring (bicyclic) bond motifs is 2. The van der Waals surface area contributed by atoms with E-state index < -0.39 is 18.1 Å². The van der Waals surface area contributed by atoms with E-state index in [0.29, 0.717) is 22.1 Å². The quantitative estimate of drug-likeness (QED) is 0.699. The molecule has 1 aliphatic heterocycles. The third kappa shape index (κ3) is 2.39. The highest BCUT2D eigenvalue weighted by atomic mass is 35.5. The van der Waals surface area contributed by atoms with Gasteiger partial charge in [0.1, 0.15) is 16.5 Å². The van der Waals surface area contributed by atoms with Gasteiger partial charge in [-0.25, -0.2) is 9.37 Å². The van der Waals surface area contributed by atoms with Crippen LogP contribution in [0.15, 0.2) is 48.5 Å². The fourth-order valence-corrected chi connectivity index (χ4v) is 3.60. The van der Waals surface area contributed by atoms with E-state index in [2.05, 4.69) is 4.98 Å². The van der Waals surface area contributed by atoms with Crippen molar-refractivity contribution >= 4 is 28.4 Å². The first-order valence-corrected chi connectivity index (χ1v) is 8.21. The first-order chi connectivity index (χ1) is 12.0. The molecule has 0 fully saturated rings. The SMILES string of the molecule is CC(c1cc2cccc(F)c2nc1Cl)N1C(=O)c2ccccc2C1O. The molecule has 2 aromatic carbocycles. The van der Waals surface area contributed by atoms with Crippen LogP contribution in [0.1, 0.15) is 40.7 Å². The maximum absolute atomic E-state index is 13.9. The van der Waals surface area contributed by atoms with E-state index >= 15 is 0 Å². The van der Waals surface area contributed by atoms with Crippen molar-refractivity contribution in [3.05, 3.63) is 76.2 Å². The second-order valence-electron chi connectivity index (χ2n) is 6.03. The molecule has 1 amide bonds. The number of benzene rings is 2. The maximum atomic E-state index is 13.9. The van der Waals surface area contributed by atoms with Crippen LogP contribution in [0.5, 0.6) is 0 Å². The van der Waals surface area contributed by atoms with Crippen LogP contribution in [-0.2, 0) is 0 Å². The van der Waals surface area contributed by atoms with E-state index in [1.54, 1.807) is 49.4 Å². The Morgan fingerprint density at radius 2 is 2.00 bits per heavy atom. The molecule has 1 aromatic heterocycles. The molecule has 0 bridgehead atoms. The Morgan fingerprint density at radius 1 is 1.24 bits per heavy atom. The number of nitrogens with zero attached hydrogens (tertiary/aromatic N) is 2. The largest absolute Gasteiger partial charge is 0.369 e. The second-order valence-corrected chi connectivity index (χ2v) is 6.39. The lowest BCUT2D eigenvalue weighted by Gasteiger charge is -2.29. The average Bonchev–Trinajstić information content (AvgIpc) is 2.86. The van der Waals surface area contributed by atoms with Crippen LogP contribution in [0.4, 0.5) is 4.39 Å². The van der Waals surface area contributed by atoms with Crippen LogP contribution in [0.25, 0.3) is 10.9 Å². The van der Waals surface area contributed by atoms with Gasteiger partial charge in [-0.15, -0.1) is 0 Å². The van der Waals surface area contributed by atoms with Crippen molar-refractivity contribution in [2.75, 3.05) is 0 Å². The van der Waals surface area contributed by atoms with Gasteiger partial charge in [-0.2, -0.15) is 0 Å².